The summed E-state index contributed by atoms with van der Waals surface area (Å²) in [7, 11) is 0. The SMILES string of the molecule is O=C(O)C1CCCn2c1nc1c2CCCC1. The summed E-state index contributed by atoms with van der Waals surface area (Å²) in [4.78, 5) is 15.8. The van der Waals surface area contributed by atoms with Gasteiger partial charge >= 0.3 is 5.97 Å². The summed E-state index contributed by atoms with van der Waals surface area (Å²) in [5.74, 6) is -0.284. The van der Waals surface area contributed by atoms with E-state index in [0.717, 1.165) is 43.7 Å². The molecule has 0 amide bonds. The Kier molecular flexibility index (Phi) is 2.23. The van der Waals surface area contributed by atoms with Crippen LogP contribution in [0.3, 0.4) is 0 Å². The van der Waals surface area contributed by atoms with Crippen molar-refractivity contribution in [3.8, 4) is 0 Å². The Bertz CT molecular complexity index is 436. The fourth-order valence-corrected chi connectivity index (χ4v) is 2.95. The van der Waals surface area contributed by atoms with Gasteiger partial charge in [-0.25, -0.2) is 4.98 Å². The quantitative estimate of drug-likeness (QED) is 0.784. The van der Waals surface area contributed by atoms with E-state index in [2.05, 4.69) is 9.55 Å². The van der Waals surface area contributed by atoms with Crippen LogP contribution in [0.2, 0.25) is 0 Å². The van der Waals surface area contributed by atoms with Crippen molar-refractivity contribution in [3.63, 3.8) is 0 Å². The van der Waals surface area contributed by atoms with Crippen LogP contribution in [-0.4, -0.2) is 20.6 Å². The molecule has 16 heavy (non-hydrogen) atoms. The van der Waals surface area contributed by atoms with Crippen LogP contribution in [0.25, 0.3) is 0 Å². The number of aryl methyl sites for hydroxylation is 1. The van der Waals surface area contributed by atoms with E-state index >= 15 is 0 Å². The Morgan fingerprint density at radius 2 is 2.12 bits per heavy atom. The molecule has 0 saturated heterocycles. The molecule has 0 bridgehead atoms. The molecule has 1 N–H and O–H groups in total. The van der Waals surface area contributed by atoms with Crippen LogP contribution in [0, 0.1) is 0 Å². The molecule has 1 unspecified atom stereocenters. The largest absolute Gasteiger partial charge is 0.481 e. The summed E-state index contributed by atoms with van der Waals surface area (Å²) in [5.41, 5.74) is 2.47. The van der Waals surface area contributed by atoms with Crippen molar-refractivity contribution in [1.29, 1.82) is 0 Å². The van der Waals surface area contributed by atoms with Gasteiger partial charge in [-0.3, -0.25) is 4.79 Å². The van der Waals surface area contributed by atoms with Crippen molar-refractivity contribution in [1.82, 2.24) is 9.55 Å². The fourth-order valence-electron chi connectivity index (χ4n) is 2.95. The highest BCUT2D eigenvalue weighted by Gasteiger charge is 2.31. The Balaban J connectivity index is 2.08. The van der Waals surface area contributed by atoms with Gasteiger partial charge in [0.1, 0.15) is 11.7 Å². The van der Waals surface area contributed by atoms with Gasteiger partial charge in [0.15, 0.2) is 0 Å². The minimum atomic E-state index is -0.719. The van der Waals surface area contributed by atoms with Gasteiger partial charge < -0.3 is 9.67 Å². The molecule has 2 heterocycles. The third-order valence-corrected chi connectivity index (χ3v) is 3.75. The summed E-state index contributed by atoms with van der Waals surface area (Å²) in [6, 6.07) is 0. The van der Waals surface area contributed by atoms with Gasteiger partial charge in [0.25, 0.3) is 0 Å². The van der Waals surface area contributed by atoms with E-state index in [1.807, 2.05) is 0 Å². The van der Waals surface area contributed by atoms with Crippen molar-refractivity contribution >= 4 is 5.97 Å². The van der Waals surface area contributed by atoms with Crippen molar-refractivity contribution in [3.05, 3.63) is 17.2 Å². The predicted octanol–water partition coefficient (Wildman–Crippen LogP) is 1.72. The Morgan fingerprint density at radius 1 is 1.31 bits per heavy atom. The molecule has 0 fully saturated rings. The number of fused-ring (bicyclic) bond motifs is 3. The number of carbonyl (C=O) groups is 1. The molecule has 4 heteroatoms. The molecular weight excluding hydrogens is 204 g/mol. The van der Waals surface area contributed by atoms with Crippen LogP contribution >= 0.6 is 0 Å². The van der Waals surface area contributed by atoms with Gasteiger partial charge in [0.05, 0.1) is 5.69 Å². The van der Waals surface area contributed by atoms with E-state index in [4.69, 9.17) is 0 Å². The maximum absolute atomic E-state index is 11.2. The summed E-state index contributed by atoms with van der Waals surface area (Å²) < 4.78 is 2.18. The van der Waals surface area contributed by atoms with Gasteiger partial charge in [-0.2, -0.15) is 0 Å². The fraction of sp³-hybridized carbons (Fsp3) is 0.667. The van der Waals surface area contributed by atoms with Crippen molar-refractivity contribution in [2.45, 2.75) is 51.0 Å². The number of aromatic nitrogens is 2. The molecule has 86 valence electrons. The first kappa shape index (κ1) is 9.87. The number of hydrogen-bond acceptors (Lipinski definition) is 2. The van der Waals surface area contributed by atoms with E-state index in [1.54, 1.807) is 0 Å². The molecule has 0 radical (unpaired) electrons. The number of nitrogens with zero attached hydrogens (tertiary/aromatic N) is 2. The number of aliphatic carboxylic acids is 1. The lowest BCUT2D eigenvalue weighted by Gasteiger charge is -2.22. The highest BCUT2D eigenvalue weighted by molar-refractivity contribution is 5.75. The number of rotatable bonds is 1. The standard InChI is InChI=1S/C12H16N2O2/c15-12(16)8-4-3-7-14-10-6-2-1-5-9(10)13-11(8)14/h8H,1-7H2,(H,15,16). The molecule has 1 aliphatic heterocycles. The zero-order chi connectivity index (χ0) is 11.1. The van der Waals surface area contributed by atoms with Crippen molar-refractivity contribution in [2.24, 2.45) is 0 Å². The summed E-state index contributed by atoms with van der Waals surface area (Å²) in [6.45, 7) is 0.960. The van der Waals surface area contributed by atoms with Gasteiger partial charge in [0, 0.05) is 12.2 Å². The molecule has 4 nitrogen and oxygen atoms in total. The molecule has 0 saturated carbocycles. The molecule has 1 aromatic rings. The third-order valence-electron chi connectivity index (χ3n) is 3.75. The monoisotopic (exact) mass is 220 g/mol. The lowest BCUT2D eigenvalue weighted by atomic mass is 9.98. The minimum Gasteiger partial charge on any atom is -0.481 e. The second-order valence-corrected chi connectivity index (χ2v) is 4.76. The Labute approximate surface area is 94.3 Å². The maximum Gasteiger partial charge on any atom is 0.314 e. The lowest BCUT2D eigenvalue weighted by molar-refractivity contribution is -0.139. The van der Waals surface area contributed by atoms with Gasteiger partial charge in [-0.15, -0.1) is 0 Å². The number of carboxylic acids is 1. The van der Waals surface area contributed by atoms with Crippen molar-refractivity contribution in [2.75, 3.05) is 0 Å². The van der Waals surface area contributed by atoms with Crippen molar-refractivity contribution < 1.29 is 9.90 Å². The minimum absolute atomic E-state index is 0.376. The van der Waals surface area contributed by atoms with E-state index in [-0.39, 0.29) is 5.92 Å². The Hall–Kier alpha value is -1.32. The number of hydrogen-bond donors (Lipinski definition) is 1. The Morgan fingerprint density at radius 3 is 2.94 bits per heavy atom. The summed E-state index contributed by atoms with van der Waals surface area (Å²) in [6.07, 6.45) is 6.23. The molecule has 1 atom stereocenters. The summed E-state index contributed by atoms with van der Waals surface area (Å²) >= 11 is 0. The highest BCUT2D eigenvalue weighted by atomic mass is 16.4. The average Bonchev–Trinajstić information content (AvgIpc) is 2.67. The van der Waals surface area contributed by atoms with Gasteiger partial charge in [-0.1, -0.05) is 0 Å². The zero-order valence-corrected chi connectivity index (χ0v) is 9.28. The van der Waals surface area contributed by atoms with Crippen LogP contribution in [0.1, 0.15) is 48.8 Å². The van der Waals surface area contributed by atoms with Crippen LogP contribution in [-0.2, 0) is 24.2 Å². The molecule has 0 spiro atoms. The third kappa shape index (κ3) is 1.36. The normalized spacial score (nSPS) is 23.6. The van der Waals surface area contributed by atoms with E-state index < -0.39 is 5.97 Å². The van der Waals surface area contributed by atoms with E-state index in [0.29, 0.717) is 0 Å². The predicted molar refractivity (Wildman–Crippen MR) is 58.5 cm³/mol. The molecule has 0 aromatic carbocycles. The second-order valence-electron chi connectivity index (χ2n) is 4.76. The van der Waals surface area contributed by atoms with Crippen LogP contribution < -0.4 is 0 Å². The number of carboxylic acid groups (broad SMARTS) is 1. The zero-order valence-electron chi connectivity index (χ0n) is 9.28. The molecule has 3 rings (SSSR count). The lowest BCUT2D eigenvalue weighted by Crippen LogP contribution is -2.23. The van der Waals surface area contributed by atoms with Crippen LogP contribution in [0.15, 0.2) is 0 Å². The highest BCUT2D eigenvalue weighted by Crippen LogP contribution is 2.32. The van der Waals surface area contributed by atoms with E-state index in [9.17, 15) is 9.90 Å². The second kappa shape index (κ2) is 3.61. The van der Waals surface area contributed by atoms with Crippen LogP contribution in [0.4, 0.5) is 0 Å². The average molecular weight is 220 g/mol. The van der Waals surface area contributed by atoms with Crippen LogP contribution in [0.5, 0.6) is 0 Å². The molecule has 2 aliphatic rings. The maximum atomic E-state index is 11.2. The first-order valence-electron chi connectivity index (χ1n) is 6.08. The molecule has 1 aliphatic carbocycles. The molecule has 1 aromatic heterocycles. The summed E-state index contributed by atoms with van der Waals surface area (Å²) in [5, 5.41) is 9.19. The molecular formula is C12H16N2O2. The topological polar surface area (TPSA) is 55.1 Å². The smallest absolute Gasteiger partial charge is 0.314 e. The van der Waals surface area contributed by atoms with E-state index in [1.165, 1.54) is 18.5 Å². The first-order chi connectivity index (χ1) is 7.77. The van der Waals surface area contributed by atoms with Gasteiger partial charge in [0.2, 0.25) is 0 Å². The first-order valence-corrected chi connectivity index (χ1v) is 6.08. The van der Waals surface area contributed by atoms with Gasteiger partial charge in [-0.05, 0) is 38.5 Å². The number of imidazole rings is 1.